The Morgan fingerprint density at radius 2 is 1.57 bits per heavy atom. The molecule has 1 aliphatic heterocycles. The minimum absolute atomic E-state index is 0.162. The lowest BCUT2D eigenvalue weighted by molar-refractivity contribution is -0.143. The molecule has 1 heterocycles. The Bertz CT molecular complexity index is 1940. The lowest BCUT2D eigenvalue weighted by Gasteiger charge is -2.36. The smallest absolute Gasteiger partial charge is 0.305 e. The topological polar surface area (TPSA) is 61.4 Å². The largest absolute Gasteiger partial charge is 0.496 e. The van der Waals surface area contributed by atoms with Crippen molar-refractivity contribution in [2.45, 2.75) is 59.9 Å². The summed E-state index contributed by atoms with van der Waals surface area (Å²) in [6.45, 7) is 32.1. The van der Waals surface area contributed by atoms with Gasteiger partial charge in [-0.05, 0) is 77.0 Å². The molecule has 8 heteroatoms. The molecule has 2 aliphatic rings. The van der Waals surface area contributed by atoms with E-state index < -0.39 is 0 Å². The standard InChI is InChI=1S/C46H61N4O4/c1-11-25-48(26-12-2)35-21-23-37-43(30-35)54-44-31-36(49(27-13-3)28-14-4)22-24-38(44)46(37)39-32-41(50(17-7)34(9)15-5)40(33-42(39)52-10)47(16-6)29-19-20-45(51)53-18-8/h11-14,21-24,30-34H,1-4,15-20,25-29H2,5-10H3/q+1. The predicted octanol–water partition coefficient (Wildman–Crippen LogP) is 9.33. The second-order valence-electron chi connectivity index (χ2n) is 13.4. The summed E-state index contributed by atoms with van der Waals surface area (Å²) < 4.78 is 20.6. The summed E-state index contributed by atoms with van der Waals surface area (Å²) in [4.78, 5) is 19.3. The van der Waals surface area contributed by atoms with Gasteiger partial charge in [-0.3, -0.25) is 4.79 Å². The highest BCUT2D eigenvalue weighted by Gasteiger charge is 2.27. The molecule has 2 aromatic rings. The first kappa shape index (κ1) is 41.5. The molecule has 0 saturated carbocycles. The van der Waals surface area contributed by atoms with Crippen molar-refractivity contribution in [3.05, 3.63) is 105 Å². The number of hydrogen-bond acceptors (Lipinski definition) is 7. The van der Waals surface area contributed by atoms with Crippen LogP contribution in [0.3, 0.4) is 0 Å². The van der Waals surface area contributed by atoms with Crippen LogP contribution in [0.4, 0.5) is 17.1 Å². The van der Waals surface area contributed by atoms with Crippen molar-refractivity contribution < 1.29 is 18.7 Å². The third-order valence-corrected chi connectivity index (χ3v) is 9.99. The van der Waals surface area contributed by atoms with Gasteiger partial charge in [-0.1, -0.05) is 32.2 Å². The van der Waals surface area contributed by atoms with Crippen LogP contribution in [0.1, 0.15) is 53.9 Å². The summed E-state index contributed by atoms with van der Waals surface area (Å²) >= 11 is 0. The summed E-state index contributed by atoms with van der Waals surface area (Å²) in [7, 11) is 1.74. The molecule has 1 unspecified atom stereocenters. The molecule has 0 radical (unpaired) electrons. The zero-order valence-electron chi connectivity index (χ0n) is 33.5. The summed E-state index contributed by atoms with van der Waals surface area (Å²) in [5, 5.41) is 2.00. The van der Waals surface area contributed by atoms with Crippen LogP contribution in [0.25, 0.3) is 33.4 Å². The third kappa shape index (κ3) is 9.46. The molecule has 1 aliphatic carbocycles. The first-order chi connectivity index (χ1) is 26.2. The lowest BCUT2D eigenvalue weighted by atomic mass is 9.91. The molecule has 0 spiro atoms. The maximum absolute atomic E-state index is 12.3. The quantitative estimate of drug-likeness (QED) is 0.0345. The first-order valence-corrected chi connectivity index (χ1v) is 19.4. The van der Waals surface area contributed by atoms with Crippen molar-refractivity contribution in [2.24, 2.45) is 0 Å². The Kier molecular flexibility index (Phi) is 15.6. The van der Waals surface area contributed by atoms with E-state index in [9.17, 15) is 4.79 Å². The number of rotatable bonds is 22. The van der Waals surface area contributed by atoms with Gasteiger partial charge in [-0.15, -0.1) is 13.2 Å². The molecule has 1 atom stereocenters. The van der Waals surface area contributed by atoms with Crippen molar-refractivity contribution >= 4 is 34.0 Å². The van der Waals surface area contributed by atoms with E-state index in [1.54, 1.807) is 7.11 Å². The molecule has 4 rings (SSSR count). The van der Waals surface area contributed by atoms with Crippen molar-refractivity contribution in [1.82, 2.24) is 4.58 Å². The molecule has 0 N–H and O–H groups in total. The molecule has 8 nitrogen and oxygen atoms in total. The summed E-state index contributed by atoms with van der Waals surface area (Å²) in [6, 6.07) is 17.6. The number of fused-ring (bicyclic) bond motifs is 2. The van der Waals surface area contributed by atoms with Crippen molar-refractivity contribution in [3.8, 4) is 28.2 Å². The third-order valence-electron chi connectivity index (χ3n) is 9.99. The summed E-state index contributed by atoms with van der Waals surface area (Å²) in [5.41, 5.74) is 6.99. The van der Waals surface area contributed by atoms with Gasteiger partial charge < -0.3 is 28.6 Å². The van der Waals surface area contributed by atoms with Gasteiger partial charge in [-0.2, -0.15) is 0 Å². The maximum atomic E-state index is 12.3. The van der Waals surface area contributed by atoms with E-state index in [0.717, 1.165) is 81.1 Å². The number of benzene rings is 3. The number of anilines is 3. The zero-order valence-corrected chi connectivity index (χ0v) is 33.5. The van der Waals surface area contributed by atoms with Gasteiger partial charge in [0.2, 0.25) is 5.36 Å². The first-order valence-electron chi connectivity index (χ1n) is 19.4. The number of esters is 1. The van der Waals surface area contributed by atoms with Crippen LogP contribution in [0.15, 0.2) is 104 Å². The van der Waals surface area contributed by atoms with Crippen LogP contribution in [0.2, 0.25) is 0 Å². The molecule has 288 valence electrons. The molecule has 0 saturated heterocycles. The van der Waals surface area contributed by atoms with E-state index in [4.69, 9.17) is 13.9 Å². The van der Waals surface area contributed by atoms with E-state index in [2.05, 4.69) is 122 Å². The highest BCUT2D eigenvalue weighted by Crippen LogP contribution is 2.48. The predicted molar refractivity (Wildman–Crippen MR) is 229 cm³/mol. The molecular formula is C46H61N4O4+. The monoisotopic (exact) mass is 733 g/mol. The van der Waals surface area contributed by atoms with E-state index in [0.29, 0.717) is 58.2 Å². The number of carbonyl (C=O) groups is 1. The number of hydrogen-bond donors (Lipinski definition) is 0. The molecule has 54 heavy (non-hydrogen) atoms. The average molecular weight is 734 g/mol. The zero-order chi connectivity index (χ0) is 39.2. The molecule has 0 bridgehead atoms. The maximum Gasteiger partial charge on any atom is 0.305 e. The summed E-state index contributed by atoms with van der Waals surface area (Å²) in [5.74, 6) is 1.37. The van der Waals surface area contributed by atoms with Crippen molar-refractivity contribution in [2.75, 3.05) is 74.2 Å². The van der Waals surface area contributed by atoms with Gasteiger partial charge in [0.15, 0.2) is 13.1 Å². The van der Waals surface area contributed by atoms with Gasteiger partial charge in [0.1, 0.15) is 17.1 Å². The highest BCUT2D eigenvalue weighted by atomic mass is 16.5. The summed E-state index contributed by atoms with van der Waals surface area (Å²) in [6.07, 6.45) is 9.66. The number of ether oxygens (including phenoxy) is 2. The van der Waals surface area contributed by atoms with Crippen LogP contribution in [0, 0.1) is 0 Å². The van der Waals surface area contributed by atoms with Gasteiger partial charge in [0.25, 0.3) is 0 Å². The lowest BCUT2D eigenvalue weighted by Crippen LogP contribution is -2.35. The molecule has 0 aromatic heterocycles. The Morgan fingerprint density at radius 3 is 2.17 bits per heavy atom. The number of methoxy groups -OCH3 is 1. The van der Waals surface area contributed by atoms with Crippen LogP contribution >= 0.6 is 0 Å². The van der Waals surface area contributed by atoms with E-state index >= 15 is 0 Å². The fourth-order valence-electron chi connectivity index (χ4n) is 7.19. The van der Waals surface area contributed by atoms with Crippen molar-refractivity contribution in [3.63, 3.8) is 0 Å². The van der Waals surface area contributed by atoms with E-state index in [1.165, 1.54) is 0 Å². The Morgan fingerprint density at radius 1 is 0.852 bits per heavy atom. The van der Waals surface area contributed by atoms with Crippen LogP contribution in [-0.4, -0.2) is 71.5 Å². The van der Waals surface area contributed by atoms with Crippen LogP contribution in [0.5, 0.6) is 5.75 Å². The molecular weight excluding hydrogens is 673 g/mol. The number of carbonyl (C=O) groups excluding carboxylic acids is 1. The fourth-order valence-corrected chi connectivity index (χ4v) is 7.19. The van der Waals surface area contributed by atoms with Crippen molar-refractivity contribution in [1.29, 1.82) is 0 Å². The molecule has 2 aromatic carbocycles. The Labute approximate surface area is 323 Å². The number of nitrogens with zero attached hydrogens (tertiary/aromatic N) is 4. The normalized spacial score (nSPS) is 11.5. The second-order valence-corrected chi connectivity index (χ2v) is 13.4. The van der Waals surface area contributed by atoms with Gasteiger partial charge in [-0.25, -0.2) is 4.58 Å². The SMILES string of the molecule is C=CCN(CC=C)c1ccc2c(-c3cc(N(CC)C(C)CC)c(N(CC)CCCC(=O)OCC)cc3OC)c3ccc(=[N+](CC=C)CC=C)cc-3oc2c1. The van der Waals surface area contributed by atoms with E-state index in [1.807, 2.05) is 31.2 Å². The van der Waals surface area contributed by atoms with Crippen LogP contribution in [-0.2, 0) is 9.53 Å². The molecule has 0 fully saturated rings. The van der Waals surface area contributed by atoms with Gasteiger partial charge in [0, 0.05) is 91.1 Å². The van der Waals surface area contributed by atoms with E-state index in [-0.39, 0.29) is 5.97 Å². The van der Waals surface area contributed by atoms with Gasteiger partial charge >= 0.3 is 5.97 Å². The minimum Gasteiger partial charge on any atom is -0.496 e. The highest BCUT2D eigenvalue weighted by molar-refractivity contribution is 6.05. The van der Waals surface area contributed by atoms with Crippen LogP contribution < -0.4 is 29.4 Å². The average Bonchev–Trinajstić information content (AvgIpc) is 3.18. The second kappa shape index (κ2) is 20.3. The minimum atomic E-state index is -0.162. The molecule has 0 amide bonds. The Balaban J connectivity index is 2.10. The fraction of sp³-hybridized carbons (Fsp3) is 0.391. The van der Waals surface area contributed by atoms with Gasteiger partial charge in [0.05, 0.1) is 31.2 Å². The Hall–Kier alpha value is -5.24.